The van der Waals surface area contributed by atoms with E-state index in [2.05, 4.69) is 25.9 Å². The Morgan fingerprint density at radius 1 is 1.69 bits per heavy atom. The fourth-order valence-corrected chi connectivity index (χ4v) is 2.16. The van der Waals surface area contributed by atoms with Gasteiger partial charge >= 0.3 is 0 Å². The molecule has 0 aromatic carbocycles. The monoisotopic (exact) mass is 237 g/mol. The highest BCUT2D eigenvalue weighted by Gasteiger charge is 2.14. The summed E-state index contributed by atoms with van der Waals surface area (Å²) in [6, 6.07) is 4.08. The van der Waals surface area contributed by atoms with Crippen molar-refractivity contribution in [3.05, 3.63) is 28.2 Å². The van der Waals surface area contributed by atoms with Crippen LogP contribution < -0.4 is 5.32 Å². The van der Waals surface area contributed by atoms with E-state index in [-0.39, 0.29) is 17.8 Å². The number of aromatic amines is 1. The molecule has 1 amide bonds. The molecule has 0 radical (unpaired) electrons. The maximum absolute atomic E-state index is 11.6. The quantitative estimate of drug-likeness (QED) is 0.816. The van der Waals surface area contributed by atoms with Crippen LogP contribution in [0.5, 0.6) is 0 Å². The highest BCUT2D eigenvalue weighted by Crippen LogP contribution is 2.10. The Labute approximate surface area is 96.1 Å². The van der Waals surface area contributed by atoms with Crippen molar-refractivity contribution in [1.82, 2.24) is 25.9 Å². The van der Waals surface area contributed by atoms with Crippen molar-refractivity contribution in [3.8, 4) is 0 Å². The topological polar surface area (TPSA) is 83.6 Å². The van der Waals surface area contributed by atoms with Gasteiger partial charge in [-0.1, -0.05) is 6.07 Å². The zero-order chi connectivity index (χ0) is 11.4. The maximum atomic E-state index is 11.6. The Bertz CT molecular complexity index is 438. The first-order valence-corrected chi connectivity index (χ1v) is 5.70. The summed E-state index contributed by atoms with van der Waals surface area (Å²) in [5.41, 5.74) is 0. The normalized spacial score (nSPS) is 12.3. The highest BCUT2D eigenvalue weighted by molar-refractivity contribution is 7.09. The number of carbonyl (C=O) groups is 1. The second kappa shape index (κ2) is 4.84. The van der Waals surface area contributed by atoms with Crippen LogP contribution >= 0.6 is 11.3 Å². The van der Waals surface area contributed by atoms with Gasteiger partial charge in [0.05, 0.1) is 0 Å². The maximum Gasteiger partial charge on any atom is 0.293 e. The van der Waals surface area contributed by atoms with Gasteiger partial charge in [-0.15, -0.1) is 21.5 Å². The van der Waals surface area contributed by atoms with Gasteiger partial charge in [0, 0.05) is 17.3 Å². The molecular formula is C9H11N5OS. The number of thiophene rings is 1. The number of H-pyrrole nitrogens is 1. The molecule has 2 rings (SSSR count). The zero-order valence-electron chi connectivity index (χ0n) is 8.67. The van der Waals surface area contributed by atoms with Crippen LogP contribution in [0.15, 0.2) is 17.5 Å². The van der Waals surface area contributed by atoms with Crippen molar-refractivity contribution < 1.29 is 4.79 Å². The molecule has 7 heteroatoms. The third-order valence-corrected chi connectivity index (χ3v) is 2.91. The van der Waals surface area contributed by atoms with Crippen LogP contribution in [0.4, 0.5) is 0 Å². The van der Waals surface area contributed by atoms with Crippen LogP contribution in [0.3, 0.4) is 0 Å². The van der Waals surface area contributed by atoms with E-state index in [1.54, 1.807) is 11.3 Å². The molecule has 2 heterocycles. The van der Waals surface area contributed by atoms with Crippen molar-refractivity contribution in [1.29, 1.82) is 0 Å². The summed E-state index contributed by atoms with van der Waals surface area (Å²) in [7, 11) is 0. The van der Waals surface area contributed by atoms with E-state index >= 15 is 0 Å². The van der Waals surface area contributed by atoms with Crippen LogP contribution in [0.1, 0.15) is 22.4 Å². The van der Waals surface area contributed by atoms with Crippen molar-refractivity contribution in [2.45, 2.75) is 19.4 Å². The van der Waals surface area contributed by atoms with Crippen molar-refractivity contribution in [2.75, 3.05) is 0 Å². The summed E-state index contributed by atoms with van der Waals surface area (Å²) in [4.78, 5) is 12.8. The smallest absolute Gasteiger partial charge is 0.293 e. The molecule has 0 aliphatic carbocycles. The SMILES string of the molecule is CC(Cc1cccs1)NC(=O)c1nn[nH]n1. The van der Waals surface area contributed by atoms with Crippen LogP contribution in [0.2, 0.25) is 0 Å². The first-order valence-electron chi connectivity index (χ1n) is 4.82. The molecule has 16 heavy (non-hydrogen) atoms. The van der Waals surface area contributed by atoms with Gasteiger partial charge in [-0.05, 0) is 23.6 Å². The molecular weight excluding hydrogens is 226 g/mol. The Morgan fingerprint density at radius 2 is 2.56 bits per heavy atom. The van der Waals surface area contributed by atoms with Gasteiger partial charge in [-0.25, -0.2) is 0 Å². The minimum Gasteiger partial charge on any atom is -0.346 e. The molecule has 0 aliphatic heterocycles. The summed E-state index contributed by atoms with van der Waals surface area (Å²) >= 11 is 1.67. The Kier molecular flexibility index (Phi) is 3.25. The molecule has 0 fully saturated rings. The summed E-state index contributed by atoms with van der Waals surface area (Å²) in [5.74, 6) is -0.240. The molecule has 2 N–H and O–H groups in total. The second-order valence-electron chi connectivity index (χ2n) is 3.39. The number of hydrogen-bond donors (Lipinski definition) is 2. The average Bonchev–Trinajstić information content (AvgIpc) is 2.88. The van der Waals surface area contributed by atoms with Crippen LogP contribution in [0.25, 0.3) is 0 Å². The van der Waals surface area contributed by atoms with E-state index in [1.807, 2.05) is 24.4 Å². The molecule has 1 unspecified atom stereocenters. The van der Waals surface area contributed by atoms with Gasteiger partial charge in [0.2, 0.25) is 0 Å². The molecule has 0 saturated heterocycles. The van der Waals surface area contributed by atoms with E-state index in [9.17, 15) is 4.79 Å². The predicted octanol–water partition coefficient (Wildman–Crippen LogP) is 0.622. The first-order chi connectivity index (χ1) is 7.75. The largest absolute Gasteiger partial charge is 0.346 e. The van der Waals surface area contributed by atoms with Gasteiger partial charge in [0.25, 0.3) is 11.7 Å². The number of tetrazole rings is 1. The van der Waals surface area contributed by atoms with E-state index in [4.69, 9.17) is 0 Å². The number of nitrogens with one attached hydrogen (secondary N) is 2. The fourth-order valence-electron chi connectivity index (χ4n) is 1.33. The lowest BCUT2D eigenvalue weighted by Crippen LogP contribution is -2.34. The van der Waals surface area contributed by atoms with Crippen molar-refractivity contribution >= 4 is 17.2 Å². The Balaban J connectivity index is 1.88. The lowest BCUT2D eigenvalue weighted by Gasteiger charge is -2.10. The Morgan fingerprint density at radius 3 is 3.19 bits per heavy atom. The number of hydrogen-bond acceptors (Lipinski definition) is 5. The van der Waals surface area contributed by atoms with Gasteiger partial charge in [-0.2, -0.15) is 5.21 Å². The molecule has 2 aromatic rings. The van der Waals surface area contributed by atoms with E-state index in [0.29, 0.717) is 0 Å². The van der Waals surface area contributed by atoms with Gasteiger partial charge in [-0.3, -0.25) is 4.79 Å². The zero-order valence-corrected chi connectivity index (χ0v) is 9.49. The lowest BCUT2D eigenvalue weighted by molar-refractivity contribution is 0.0930. The van der Waals surface area contributed by atoms with Crippen LogP contribution in [0, 0.1) is 0 Å². The minimum absolute atomic E-state index is 0.0460. The standard InChI is InChI=1S/C9H11N5OS/c1-6(5-7-3-2-4-16-7)10-9(15)8-11-13-14-12-8/h2-4,6H,5H2,1H3,(H,10,15)(H,11,12,13,14). The molecule has 0 aliphatic rings. The first kappa shape index (κ1) is 10.7. The summed E-state index contributed by atoms with van der Waals surface area (Å²) in [5, 5.41) is 17.6. The molecule has 6 nitrogen and oxygen atoms in total. The van der Waals surface area contributed by atoms with Crippen LogP contribution in [-0.2, 0) is 6.42 Å². The van der Waals surface area contributed by atoms with Gasteiger partial charge in [0.15, 0.2) is 0 Å². The Hall–Kier alpha value is -1.76. The lowest BCUT2D eigenvalue weighted by atomic mass is 10.2. The van der Waals surface area contributed by atoms with E-state index < -0.39 is 0 Å². The summed E-state index contributed by atoms with van der Waals surface area (Å²) in [6.45, 7) is 1.94. The molecule has 0 bridgehead atoms. The number of amides is 1. The molecule has 2 aromatic heterocycles. The van der Waals surface area contributed by atoms with Gasteiger partial charge in [0.1, 0.15) is 0 Å². The summed E-state index contributed by atoms with van der Waals surface area (Å²) in [6.07, 6.45) is 0.807. The number of nitrogens with zero attached hydrogens (tertiary/aromatic N) is 3. The minimum atomic E-state index is -0.308. The predicted molar refractivity (Wildman–Crippen MR) is 59.1 cm³/mol. The van der Waals surface area contributed by atoms with Crippen molar-refractivity contribution in [3.63, 3.8) is 0 Å². The number of aromatic nitrogens is 4. The van der Waals surface area contributed by atoms with E-state index in [0.717, 1.165) is 6.42 Å². The summed E-state index contributed by atoms with van der Waals surface area (Å²) < 4.78 is 0. The molecule has 0 saturated carbocycles. The molecule has 0 spiro atoms. The van der Waals surface area contributed by atoms with Crippen molar-refractivity contribution in [2.24, 2.45) is 0 Å². The van der Waals surface area contributed by atoms with E-state index in [1.165, 1.54) is 4.88 Å². The number of carbonyl (C=O) groups excluding carboxylic acids is 1. The second-order valence-corrected chi connectivity index (χ2v) is 4.43. The third kappa shape index (κ3) is 2.63. The van der Waals surface area contributed by atoms with Gasteiger partial charge < -0.3 is 5.32 Å². The third-order valence-electron chi connectivity index (χ3n) is 2.01. The highest BCUT2D eigenvalue weighted by atomic mass is 32.1. The average molecular weight is 237 g/mol. The fraction of sp³-hybridized carbons (Fsp3) is 0.333. The molecule has 1 atom stereocenters. The van der Waals surface area contributed by atoms with Crippen LogP contribution in [-0.4, -0.2) is 32.6 Å². The molecule has 84 valence electrons. The number of rotatable bonds is 4.